The Morgan fingerprint density at radius 2 is 1.79 bits per heavy atom. The van der Waals surface area contributed by atoms with Crippen LogP contribution in [0.2, 0.25) is 0 Å². The van der Waals surface area contributed by atoms with Gasteiger partial charge in [-0.15, -0.1) is 0 Å². The van der Waals surface area contributed by atoms with Crippen LogP contribution in [0.1, 0.15) is 114 Å². The Balaban J connectivity index is 0.820. The minimum Gasteiger partial charge on any atom is -0.467 e. The maximum Gasteiger partial charge on any atom is 0.293 e. The maximum absolute atomic E-state index is 15.0. The van der Waals surface area contributed by atoms with Crippen molar-refractivity contribution in [2.75, 3.05) is 111 Å². The van der Waals surface area contributed by atoms with Crippen LogP contribution in [0.15, 0.2) is 35.7 Å². The van der Waals surface area contributed by atoms with E-state index >= 15 is 0 Å². The predicted octanol–water partition coefficient (Wildman–Crippen LogP) is 5.30. The number of morpholine rings is 2. The molecule has 0 radical (unpaired) electrons. The highest BCUT2D eigenvalue weighted by molar-refractivity contribution is 5.98. The predicted molar refractivity (Wildman–Crippen MR) is 309 cm³/mol. The zero-order valence-electron chi connectivity index (χ0n) is 49.0. The van der Waals surface area contributed by atoms with Gasteiger partial charge in [-0.3, -0.25) is 39.0 Å². The van der Waals surface area contributed by atoms with Crippen molar-refractivity contribution >= 4 is 40.8 Å². The van der Waals surface area contributed by atoms with Gasteiger partial charge in [-0.25, -0.2) is 5.43 Å². The summed E-state index contributed by atoms with van der Waals surface area (Å²) in [5, 5.41) is 6.29. The average Bonchev–Trinajstić information content (AvgIpc) is 4.37. The van der Waals surface area contributed by atoms with Crippen LogP contribution >= 0.6 is 0 Å². The molecule has 18 nitrogen and oxygen atoms in total. The van der Waals surface area contributed by atoms with Gasteiger partial charge in [0.2, 0.25) is 5.91 Å². The normalized spacial score (nSPS) is 27.8. The van der Waals surface area contributed by atoms with Crippen molar-refractivity contribution in [1.29, 1.82) is 0 Å². The molecule has 3 aromatic rings. The number of benzene rings is 1. The number of hydrazine groups is 1. The topological polar surface area (TPSA) is 166 Å². The molecule has 18 heteroatoms. The molecule has 1 spiro atoms. The van der Waals surface area contributed by atoms with Crippen LogP contribution < -0.4 is 15.6 Å². The number of likely N-dealkylation sites (N-methyl/N-ethyl adjacent to an activating group) is 1. The van der Waals surface area contributed by atoms with E-state index < -0.39 is 11.5 Å². The lowest BCUT2D eigenvalue weighted by Crippen LogP contribution is -2.66. The Morgan fingerprint density at radius 1 is 1.01 bits per heavy atom. The van der Waals surface area contributed by atoms with Crippen molar-refractivity contribution in [3.8, 4) is 23.1 Å². The van der Waals surface area contributed by atoms with Crippen LogP contribution in [0.3, 0.4) is 0 Å². The number of nitrogens with one attached hydrogen (secondary N) is 2. The molecule has 81 heavy (non-hydrogen) atoms. The number of anilines is 1. The number of nitrogens with zero attached hydrogens (tertiary/aromatic N) is 8. The van der Waals surface area contributed by atoms with Crippen LogP contribution in [0.5, 0.6) is 0 Å². The SMILES string of the molecule is CO[C@@H](C)c1ncc(C#CCN2CCOCC2)cc1-c1c(CC(C)(C)COC=O)c2cc(N3CCO[C@@H](C[C@H](NC(=O)C(=C(C)C)N4CC[C@]5(CCN(C(=O)[C@H]6[C@@H](C7CC7)N6C)C5)C4)C(=O)N4NCC5CC4C5)C3)cc3c2n1CCC3. The molecule has 1 unspecified atom stereocenters. The van der Waals surface area contributed by atoms with Gasteiger partial charge in [0.05, 0.1) is 62.1 Å². The van der Waals surface area contributed by atoms with Gasteiger partial charge in [-0.2, -0.15) is 0 Å². The van der Waals surface area contributed by atoms with Crippen LogP contribution in [0.25, 0.3) is 22.2 Å². The second-order valence-electron chi connectivity index (χ2n) is 26.3. The first kappa shape index (κ1) is 56.0. The summed E-state index contributed by atoms with van der Waals surface area (Å²) in [4.78, 5) is 71.8. The van der Waals surface area contributed by atoms with Crippen molar-refractivity contribution in [3.63, 3.8) is 0 Å². The van der Waals surface area contributed by atoms with E-state index in [4.69, 9.17) is 23.9 Å². The molecule has 8 aliphatic heterocycles. The number of pyridine rings is 1. The fourth-order valence-electron chi connectivity index (χ4n) is 14.9. The van der Waals surface area contributed by atoms with Crippen molar-refractivity contribution < 1.29 is 38.1 Å². The number of fused-ring (bicyclic) bond motifs is 2. The fraction of sp³-hybridized carbons (Fsp3) is 0.667. The molecule has 7 saturated heterocycles. The van der Waals surface area contributed by atoms with E-state index in [-0.39, 0.29) is 54.0 Å². The first-order valence-corrected chi connectivity index (χ1v) is 30.3. The van der Waals surface area contributed by atoms with Gasteiger partial charge in [0, 0.05) is 130 Å². The monoisotopic (exact) mass is 1110 g/mol. The van der Waals surface area contributed by atoms with Crippen LogP contribution in [0, 0.1) is 34.5 Å². The fourth-order valence-corrected chi connectivity index (χ4v) is 14.9. The average molecular weight is 1110 g/mol. The standard InChI is InChI=1S/C63H86N10O8/c1-40(2)54(70-18-14-63(36-70)15-19-71(37-63)61(77)58-56(67(58)6)44-12-13-44)59(75)66-52(60(76)73-47-26-43(27-47)34-65-73)31-48-35-69(22-25-81-48)46-29-45-11-9-17-72-55(45)49(30-46)51(32-62(4,5)38-80-39-74)57(72)50-28-42(33-64-53(50)41(3)78-7)10-8-16-68-20-23-79-24-21-68/h28-30,33,39,41,43-44,47-48,52,56,58,65H,9,11-27,31-32,34-38H2,1-7H3,(H,66,75)/t41-,43?,47?,48-,52-,56+,58+,63-,67?/m0/s1. The summed E-state index contributed by atoms with van der Waals surface area (Å²) < 4.78 is 26.2. The Kier molecular flexibility index (Phi) is 15.8. The smallest absolute Gasteiger partial charge is 0.293 e. The van der Waals surface area contributed by atoms with Crippen molar-refractivity contribution in [3.05, 3.63) is 58.1 Å². The Labute approximate surface area is 478 Å². The summed E-state index contributed by atoms with van der Waals surface area (Å²) in [5.41, 5.74) is 13.0. The molecule has 2 saturated carbocycles. The van der Waals surface area contributed by atoms with E-state index in [0.717, 1.165) is 142 Å². The second-order valence-corrected chi connectivity index (χ2v) is 26.3. The number of hydrogen-bond donors (Lipinski definition) is 2. The van der Waals surface area contributed by atoms with E-state index in [1.165, 1.54) is 23.9 Å². The molecule has 13 rings (SSSR count). The van der Waals surface area contributed by atoms with E-state index in [1.807, 2.05) is 27.0 Å². The minimum absolute atomic E-state index is 0.0206. The summed E-state index contributed by atoms with van der Waals surface area (Å²) in [5.74, 6) is 8.03. The minimum atomic E-state index is -0.827. The number of methoxy groups -OCH3 is 1. The lowest BCUT2D eigenvalue weighted by Gasteiger charge is -2.50. The van der Waals surface area contributed by atoms with E-state index in [0.29, 0.717) is 75.7 Å². The molecule has 2 bridgehead atoms. The molecule has 2 N–H and O–H groups in total. The third-order valence-corrected chi connectivity index (χ3v) is 19.6. The molecule has 9 fully saturated rings. The molecule has 3 amide bonds. The summed E-state index contributed by atoms with van der Waals surface area (Å²) in [6.07, 6.45) is 10.3. The zero-order chi connectivity index (χ0) is 56.3. The van der Waals surface area contributed by atoms with Crippen molar-refractivity contribution in [2.45, 2.75) is 142 Å². The maximum atomic E-state index is 15.0. The number of ether oxygens (including phenoxy) is 4. The largest absolute Gasteiger partial charge is 0.467 e. The van der Waals surface area contributed by atoms with E-state index in [1.54, 1.807) is 12.1 Å². The number of amides is 3. The number of hydrogen-bond acceptors (Lipinski definition) is 14. The summed E-state index contributed by atoms with van der Waals surface area (Å²) >= 11 is 0. The lowest BCUT2D eigenvalue weighted by atomic mass is 9.78. The zero-order valence-corrected chi connectivity index (χ0v) is 49.0. The first-order chi connectivity index (χ1) is 39.1. The lowest BCUT2D eigenvalue weighted by molar-refractivity contribution is -0.152. The summed E-state index contributed by atoms with van der Waals surface area (Å²) in [7, 11) is 3.82. The third kappa shape index (κ3) is 11.4. The van der Waals surface area contributed by atoms with E-state index in [2.05, 4.69) is 90.7 Å². The van der Waals surface area contributed by atoms with Crippen LogP contribution in [-0.4, -0.2) is 195 Å². The van der Waals surface area contributed by atoms with Gasteiger partial charge in [0.1, 0.15) is 17.8 Å². The number of likely N-dealkylation sites (tertiary alicyclic amines) is 2. The highest BCUT2D eigenvalue weighted by Crippen LogP contribution is 2.49. The summed E-state index contributed by atoms with van der Waals surface area (Å²) in [6, 6.07) is 6.58. The first-order valence-electron chi connectivity index (χ1n) is 30.3. The van der Waals surface area contributed by atoms with Gasteiger partial charge < -0.3 is 43.5 Å². The molecule has 7 atom stereocenters. The molecule has 2 aliphatic carbocycles. The number of carbonyl (C=O) groups excluding carboxylic acids is 4. The van der Waals surface area contributed by atoms with Gasteiger partial charge in [-0.05, 0) is 132 Å². The Hall–Kier alpha value is -5.55. The molecule has 10 heterocycles. The van der Waals surface area contributed by atoms with Gasteiger partial charge in [-0.1, -0.05) is 25.7 Å². The van der Waals surface area contributed by atoms with Crippen LogP contribution in [-0.2, 0) is 57.5 Å². The number of carbonyl (C=O) groups is 4. The molecule has 436 valence electrons. The third-order valence-electron chi connectivity index (χ3n) is 19.6. The highest BCUT2D eigenvalue weighted by Gasteiger charge is 2.59. The highest BCUT2D eigenvalue weighted by atomic mass is 16.5. The molecule has 10 aliphatic rings. The number of rotatable bonds is 18. The number of allylic oxidation sites excluding steroid dienone is 1. The van der Waals surface area contributed by atoms with Crippen molar-refractivity contribution in [2.24, 2.45) is 22.7 Å². The van der Waals surface area contributed by atoms with E-state index in [9.17, 15) is 19.2 Å². The van der Waals surface area contributed by atoms with Gasteiger partial charge in [0.25, 0.3) is 18.3 Å². The second kappa shape index (κ2) is 22.9. The number of aromatic nitrogens is 2. The van der Waals surface area contributed by atoms with Gasteiger partial charge >= 0.3 is 0 Å². The Bertz CT molecular complexity index is 3000. The van der Waals surface area contributed by atoms with Crippen molar-refractivity contribution in [1.82, 2.24) is 44.9 Å². The molecule has 2 aromatic heterocycles. The quantitative estimate of drug-likeness (QED) is 0.0730. The summed E-state index contributed by atoms with van der Waals surface area (Å²) in [6.45, 7) is 21.1. The number of aryl methyl sites for hydroxylation is 2. The molecule has 1 aromatic carbocycles. The van der Waals surface area contributed by atoms with Gasteiger partial charge in [0.15, 0.2) is 0 Å². The Morgan fingerprint density at radius 3 is 2.52 bits per heavy atom. The molecular weight excluding hydrogens is 1020 g/mol. The van der Waals surface area contributed by atoms with Crippen LogP contribution in [0.4, 0.5) is 5.69 Å². The molecular formula is C63H86N10O8.